The lowest BCUT2D eigenvalue weighted by Crippen LogP contribution is -2.12. The summed E-state index contributed by atoms with van der Waals surface area (Å²) in [4.78, 5) is 27.9. The number of H-pyrrole nitrogens is 1. The minimum absolute atomic E-state index is 0.0119. The maximum atomic E-state index is 12.6. The van der Waals surface area contributed by atoms with Gasteiger partial charge in [-0.3, -0.25) is 9.59 Å². The zero-order chi connectivity index (χ0) is 21.5. The molecule has 0 saturated heterocycles. The fourth-order valence-corrected chi connectivity index (χ4v) is 2.96. The second-order valence-electron chi connectivity index (χ2n) is 7.17. The summed E-state index contributed by atoms with van der Waals surface area (Å²) in [7, 11) is 0. The molecular weight excluding hydrogens is 384 g/mol. The molecule has 0 saturated carbocycles. The minimum atomic E-state index is -0.269. The number of hydrogen-bond acceptors (Lipinski definition) is 5. The number of aliphatic hydroxyl groups is 1. The highest BCUT2D eigenvalue weighted by Crippen LogP contribution is 2.21. The fourth-order valence-electron chi connectivity index (χ4n) is 2.96. The number of hydrogen-bond donors (Lipinski definition) is 3. The van der Waals surface area contributed by atoms with Crippen molar-refractivity contribution in [2.45, 2.75) is 13.8 Å². The number of aliphatic hydroxyl groups excluding tert-OH is 1. The Labute approximate surface area is 175 Å². The number of ether oxygens (including phenoxy) is 2. The number of rotatable bonds is 10. The van der Waals surface area contributed by atoms with Crippen LogP contribution in [-0.2, 0) is 4.74 Å². The van der Waals surface area contributed by atoms with E-state index >= 15 is 0 Å². The standard InChI is InChI=1S/C23H26N2O5/c1-15(2)22(27)16-3-8-20-17(13-16)14-21(25-20)23(28)24-18-4-6-19(7-5-18)30-12-11-29-10-9-26/h3-8,13-15,25-26H,9-12H2,1-2H3,(H,24,28). The van der Waals surface area contributed by atoms with Crippen LogP contribution in [0.5, 0.6) is 5.75 Å². The molecule has 30 heavy (non-hydrogen) atoms. The van der Waals surface area contributed by atoms with Crippen LogP contribution in [0.3, 0.4) is 0 Å². The molecule has 3 N–H and O–H groups in total. The van der Waals surface area contributed by atoms with E-state index in [-0.39, 0.29) is 30.8 Å². The van der Waals surface area contributed by atoms with E-state index in [1.807, 2.05) is 19.9 Å². The molecule has 7 heteroatoms. The number of amides is 1. The molecule has 0 aliphatic heterocycles. The first kappa shape index (κ1) is 21.5. The maximum absolute atomic E-state index is 12.6. The van der Waals surface area contributed by atoms with Crippen molar-refractivity contribution >= 4 is 28.3 Å². The molecule has 0 fully saturated rings. The molecule has 1 amide bonds. The first-order chi connectivity index (χ1) is 14.5. The monoisotopic (exact) mass is 410 g/mol. The molecule has 0 atom stereocenters. The number of Topliss-reactive ketones (excluding diaryl/α,β-unsaturated/α-hetero) is 1. The van der Waals surface area contributed by atoms with Crippen molar-refractivity contribution in [1.82, 2.24) is 4.98 Å². The van der Waals surface area contributed by atoms with Crippen LogP contribution in [0.2, 0.25) is 0 Å². The van der Waals surface area contributed by atoms with Crippen LogP contribution < -0.4 is 10.1 Å². The second-order valence-corrected chi connectivity index (χ2v) is 7.17. The van der Waals surface area contributed by atoms with E-state index < -0.39 is 0 Å². The minimum Gasteiger partial charge on any atom is -0.491 e. The van der Waals surface area contributed by atoms with Gasteiger partial charge in [0.05, 0.1) is 19.8 Å². The van der Waals surface area contributed by atoms with Crippen LogP contribution >= 0.6 is 0 Å². The summed E-state index contributed by atoms with van der Waals surface area (Å²) in [6.07, 6.45) is 0. The number of benzene rings is 2. The van der Waals surface area contributed by atoms with Gasteiger partial charge in [-0.2, -0.15) is 0 Å². The summed E-state index contributed by atoms with van der Waals surface area (Å²) in [5, 5.41) is 12.3. The highest BCUT2D eigenvalue weighted by atomic mass is 16.5. The van der Waals surface area contributed by atoms with Crippen molar-refractivity contribution < 1.29 is 24.2 Å². The van der Waals surface area contributed by atoms with Gasteiger partial charge < -0.3 is 24.9 Å². The van der Waals surface area contributed by atoms with E-state index in [0.717, 1.165) is 10.9 Å². The van der Waals surface area contributed by atoms with E-state index in [4.69, 9.17) is 14.6 Å². The predicted octanol–water partition coefficient (Wildman–Crippen LogP) is 3.65. The quantitative estimate of drug-likeness (QED) is 0.350. The van der Waals surface area contributed by atoms with Crippen LogP contribution in [0.25, 0.3) is 10.9 Å². The molecule has 0 aliphatic carbocycles. The lowest BCUT2D eigenvalue weighted by atomic mass is 10.00. The maximum Gasteiger partial charge on any atom is 0.272 e. The molecule has 2 aromatic carbocycles. The number of anilines is 1. The van der Waals surface area contributed by atoms with E-state index in [9.17, 15) is 9.59 Å². The molecule has 0 aliphatic rings. The summed E-state index contributed by atoms with van der Waals surface area (Å²) >= 11 is 0. The Morgan fingerprint density at radius 1 is 1.03 bits per heavy atom. The van der Waals surface area contributed by atoms with Crippen LogP contribution in [0.1, 0.15) is 34.7 Å². The molecule has 3 rings (SSSR count). The number of ketones is 1. The molecular formula is C23H26N2O5. The summed E-state index contributed by atoms with van der Waals surface area (Å²) in [6, 6.07) is 14.2. The zero-order valence-electron chi connectivity index (χ0n) is 17.1. The SMILES string of the molecule is CC(C)C(=O)c1ccc2[nH]c(C(=O)Nc3ccc(OCCOCCO)cc3)cc2c1. The number of aromatic amines is 1. The molecule has 158 valence electrons. The Hall–Kier alpha value is -3.16. The Kier molecular flexibility index (Phi) is 7.21. The van der Waals surface area contributed by atoms with Gasteiger partial charge in [0.1, 0.15) is 18.1 Å². The van der Waals surface area contributed by atoms with E-state index in [2.05, 4.69) is 10.3 Å². The molecule has 0 unspecified atom stereocenters. The van der Waals surface area contributed by atoms with Gasteiger partial charge in [-0.1, -0.05) is 13.8 Å². The Morgan fingerprint density at radius 3 is 2.50 bits per heavy atom. The summed E-state index contributed by atoms with van der Waals surface area (Å²) in [5.74, 6) is 0.387. The topological polar surface area (TPSA) is 101 Å². The van der Waals surface area contributed by atoms with Gasteiger partial charge in [-0.05, 0) is 48.5 Å². The zero-order valence-corrected chi connectivity index (χ0v) is 17.1. The van der Waals surface area contributed by atoms with Gasteiger partial charge in [0, 0.05) is 28.1 Å². The molecule has 0 radical (unpaired) electrons. The van der Waals surface area contributed by atoms with Crippen molar-refractivity contribution in [3.8, 4) is 5.75 Å². The lowest BCUT2D eigenvalue weighted by molar-refractivity contribution is 0.0705. The van der Waals surface area contributed by atoms with Gasteiger partial charge in [-0.15, -0.1) is 0 Å². The van der Waals surface area contributed by atoms with E-state index in [1.54, 1.807) is 42.5 Å². The van der Waals surface area contributed by atoms with Crippen molar-refractivity contribution in [3.05, 3.63) is 59.8 Å². The molecule has 1 heterocycles. The predicted molar refractivity (Wildman–Crippen MR) is 115 cm³/mol. The van der Waals surface area contributed by atoms with E-state index in [1.165, 1.54) is 0 Å². The lowest BCUT2D eigenvalue weighted by Gasteiger charge is -2.08. The van der Waals surface area contributed by atoms with Gasteiger partial charge in [-0.25, -0.2) is 0 Å². The van der Waals surface area contributed by atoms with Crippen molar-refractivity contribution in [1.29, 1.82) is 0 Å². The summed E-state index contributed by atoms with van der Waals surface area (Å²) in [6.45, 7) is 4.78. The second kappa shape index (κ2) is 10.0. The average molecular weight is 410 g/mol. The van der Waals surface area contributed by atoms with E-state index in [0.29, 0.717) is 35.9 Å². The Balaban J connectivity index is 1.61. The molecule has 0 bridgehead atoms. The van der Waals surface area contributed by atoms with Crippen LogP contribution in [0, 0.1) is 5.92 Å². The smallest absolute Gasteiger partial charge is 0.272 e. The number of carbonyl (C=O) groups is 2. The molecule has 7 nitrogen and oxygen atoms in total. The third-order valence-electron chi connectivity index (χ3n) is 4.52. The van der Waals surface area contributed by atoms with Crippen molar-refractivity contribution in [2.24, 2.45) is 5.92 Å². The number of nitrogens with one attached hydrogen (secondary N) is 2. The van der Waals surface area contributed by atoms with Crippen molar-refractivity contribution in [3.63, 3.8) is 0 Å². The van der Waals surface area contributed by atoms with Crippen LogP contribution in [-0.4, -0.2) is 48.2 Å². The van der Waals surface area contributed by atoms with Gasteiger partial charge in [0.2, 0.25) is 0 Å². The first-order valence-corrected chi connectivity index (χ1v) is 9.87. The number of carbonyl (C=O) groups excluding carboxylic acids is 2. The van der Waals surface area contributed by atoms with Crippen LogP contribution in [0.4, 0.5) is 5.69 Å². The summed E-state index contributed by atoms with van der Waals surface area (Å²) < 4.78 is 10.7. The Morgan fingerprint density at radius 2 is 1.80 bits per heavy atom. The Bertz CT molecular complexity index is 1010. The third-order valence-corrected chi connectivity index (χ3v) is 4.52. The fraction of sp³-hybridized carbons (Fsp3) is 0.304. The molecule has 3 aromatic rings. The highest BCUT2D eigenvalue weighted by Gasteiger charge is 2.14. The third kappa shape index (κ3) is 5.46. The average Bonchev–Trinajstić information content (AvgIpc) is 3.17. The van der Waals surface area contributed by atoms with Crippen LogP contribution in [0.15, 0.2) is 48.5 Å². The molecule has 1 aromatic heterocycles. The first-order valence-electron chi connectivity index (χ1n) is 9.87. The van der Waals surface area contributed by atoms with Crippen molar-refractivity contribution in [2.75, 3.05) is 31.7 Å². The highest BCUT2D eigenvalue weighted by molar-refractivity contribution is 6.07. The van der Waals surface area contributed by atoms with Gasteiger partial charge in [0.25, 0.3) is 5.91 Å². The molecule has 0 spiro atoms. The normalized spacial score (nSPS) is 11.1. The number of aromatic nitrogens is 1. The van der Waals surface area contributed by atoms with Gasteiger partial charge >= 0.3 is 0 Å². The van der Waals surface area contributed by atoms with Gasteiger partial charge in [0.15, 0.2) is 5.78 Å². The summed E-state index contributed by atoms with van der Waals surface area (Å²) in [5.41, 5.74) is 2.49. The largest absolute Gasteiger partial charge is 0.491 e. The number of fused-ring (bicyclic) bond motifs is 1.